The lowest BCUT2D eigenvalue weighted by Gasteiger charge is -2.35. The van der Waals surface area contributed by atoms with E-state index in [1.54, 1.807) is 4.90 Å². The molecule has 0 spiro atoms. The van der Waals surface area contributed by atoms with Crippen LogP contribution in [0.4, 0.5) is 17.6 Å². The molecule has 2 aromatic rings. The maximum Gasteiger partial charge on any atom is 0.260 e. The lowest BCUT2D eigenvalue weighted by atomic mass is 10.1. The summed E-state index contributed by atoms with van der Waals surface area (Å²) < 4.78 is 5.52. The van der Waals surface area contributed by atoms with Crippen molar-refractivity contribution in [1.82, 2.24) is 15.0 Å². The van der Waals surface area contributed by atoms with Crippen molar-refractivity contribution in [2.75, 3.05) is 28.7 Å². The zero-order valence-corrected chi connectivity index (χ0v) is 19.5. The Morgan fingerprint density at radius 2 is 1.90 bits per heavy atom. The molecule has 0 radical (unpaired) electrons. The number of ether oxygens (including phenoxy) is 1. The Kier molecular flexibility index (Phi) is 9.20. The van der Waals surface area contributed by atoms with Gasteiger partial charge in [-0.15, -0.1) is 0 Å². The number of aromatic nitrogens is 3. The summed E-state index contributed by atoms with van der Waals surface area (Å²) in [6.07, 6.45) is 0. The third-order valence-electron chi connectivity index (χ3n) is 3.83. The number of benzene rings is 1. The molecule has 1 unspecified atom stereocenters. The van der Waals surface area contributed by atoms with Gasteiger partial charge in [-0.2, -0.15) is 15.0 Å². The molecule has 11 heteroatoms. The van der Waals surface area contributed by atoms with Gasteiger partial charge in [0, 0.05) is 12.6 Å². The van der Waals surface area contributed by atoms with Crippen LogP contribution in [0.3, 0.4) is 0 Å². The second-order valence-electron chi connectivity index (χ2n) is 6.72. The Labute approximate surface area is 191 Å². The number of halogens is 3. The summed E-state index contributed by atoms with van der Waals surface area (Å²) in [6, 6.07) is 7.54. The largest absolute Gasteiger partial charge is 0.489 e. The van der Waals surface area contributed by atoms with E-state index in [2.05, 4.69) is 25.6 Å². The standard InChI is InChI=1S/C11H11Cl2NO2.C8H14ClN5/c1-7-6-16-9-5-3-2-4-8(9)14(7)11(15)10(12)13;1-4-10-7-12-6(9)13-8(14-7)11-5(2)3/h2-5,7,10H,6H2,1H3;5H,4H2,1-3H3,(H2,10,11,12,13,14). The van der Waals surface area contributed by atoms with Gasteiger partial charge in [0.25, 0.3) is 5.91 Å². The molecule has 0 fully saturated rings. The smallest absolute Gasteiger partial charge is 0.260 e. The molecular weight excluding hydrogens is 451 g/mol. The third-order valence-corrected chi connectivity index (χ3v) is 4.37. The van der Waals surface area contributed by atoms with Gasteiger partial charge in [0.1, 0.15) is 12.4 Å². The SMILES string of the molecule is CC1COc2ccccc2N1C(=O)C(Cl)Cl.CCNc1nc(Cl)nc(NC(C)C)n1. The van der Waals surface area contributed by atoms with Crippen LogP contribution in [0.2, 0.25) is 5.28 Å². The van der Waals surface area contributed by atoms with Gasteiger partial charge in [-0.1, -0.05) is 35.3 Å². The van der Waals surface area contributed by atoms with Gasteiger partial charge >= 0.3 is 0 Å². The molecule has 8 nitrogen and oxygen atoms in total. The second-order valence-corrected chi connectivity index (χ2v) is 8.15. The Balaban J connectivity index is 0.000000216. The molecule has 30 heavy (non-hydrogen) atoms. The molecule has 1 aliphatic heterocycles. The maximum absolute atomic E-state index is 11.9. The summed E-state index contributed by atoms with van der Waals surface area (Å²) in [5.74, 6) is 1.36. The number of carbonyl (C=O) groups is 1. The van der Waals surface area contributed by atoms with E-state index in [1.807, 2.05) is 52.0 Å². The number of rotatable bonds is 5. The second kappa shape index (κ2) is 11.4. The molecule has 0 aliphatic carbocycles. The van der Waals surface area contributed by atoms with Gasteiger partial charge in [0.15, 0.2) is 4.84 Å². The number of amides is 1. The highest BCUT2D eigenvalue weighted by molar-refractivity contribution is 6.54. The number of nitrogens with one attached hydrogen (secondary N) is 2. The van der Waals surface area contributed by atoms with Crippen LogP contribution in [-0.2, 0) is 4.79 Å². The quantitative estimate of drug-likeness (QED) is 0.620. The number of hydrogen-bond acceptors (Lipinski definition) is 7. The van der Waals surface area contributed by atoms with E-state index in [1.165, 1.54) is 0 Å². The van der Waals surface area contributed by atoms with E-state index in [9.17, 15) is 4.79 Å². The number of fused-ring (bicyclic) bond motifs is 1. The first-order valence-corrected chi connectivity index (χ1v) is 10.7. The molecule has 3 rings (SSSR count). The normalized spacial score (nSPS) is 15.1. The first kappa shape index (κ1) is 24.2. The molecule has 0 saturated carbocycles. The van der Waals surface area contributed by atoms with E-state index in [4.69, 9.17) is 39.5 Å². The van der Waals surface area contributed by atoms with Crippen LogP contribution < -0.4 is 20.3 Å². The fraction of sp³-hybridized carbons (Fsp3) is 0.474. The van der Waals surface area contributed by atoms with Crippen LogP contribution in [0.1, 0.15) is 27.7 Å². The molecule has 1 aliphatic rings. The predicted molar refractivity (Wildman–Crippen MR) is 122 cm³/mol. The molecule has 0 bridgehead atoms. The number of alkyl halides is 2. The van der Waals surface area contributed by atoms with Crippen molar-refractivity contribution in [3.8, 4) is 5.75 Å². The molecule has 2 heterocycles. The molecule has 164 valence electrons. The number of para-hydroxylation sites is 2. The Morgan fingerprint density at radius 3 is 2.53 bits per heavy atom. The monoisotopic (exact) mass is 474 g/mol. The summed E-state index contributed by atoms with van der Waals surface area (Å²) in [6.45, 7) is 9.07. The van der Waals surface area contributed by atoms with E-state index >= 15 is 0 Å². The highest BCUT2D eigenvalue weighted by Crippen LogP contribution is 2.34. The lowest BCUT2D eigenvalue weighted by Crippen LogP contribution is -2.47. The highest BCUT2D eigenvalue weighted by atomic mass is 35.5. The lowest BCUT2D eigenvalue weighted by molar-refractivity contribution is -0.117. The third kappa shape index (κ3) is 6.75. The van der Waals surface area contributed by atoms with E-state index in [0.717, 1.165) is 12.2 Å². The maximum atomic E-state index is 11.9. The Morgan fingerprint density at radius 1 is 1.23 bits per heavy atom. The summed E-state index contributed by atoms with van der Waals surface area (Å²) in [4.78, 5) is 24.4. The molecule has 1 amide bonds. The first-order valence-electron chi connectivity index (χ1n) is 9.48. The average Bonchev–Trinajstić information content (AvgIpc) is 2.67. The van der Waals surface area contributed by atoms with Crippen LogP contribution in [0.5, 0.6) is 5.75 Å². The van der Waals surface area contributed by atoms with Gasteiger partial charge < -0.3 is 20.3 Å². The van der Waals surface area contributed by atoms with Crippen LogP contribution >= 0.6 is 34.8 Å². The fourth-order valence-electron chi connectivity index (χ4n) is 2.65. The summed E-state index contributed by atoms with van der Waals surface area (Å²) in [7, 11) is 0. The summed E-state index contributed by atoms with van der Waals surface area (Å²) >= 11 is 17.0. The molecule has 1 atom stereocenters. The molecule has 0 saturated heterocycles. The van der Waals surface area contributed by atoms with Crippen molar-refractivity contribution < 1.29 is 9.53 Å². The number of carbonyl (C=O) groups excluding carboxylic acids is 1. The Hall–Kier alpha value is -2.03. The number of anilines is 3. The van der Waals surface area contributed by atoms with Crippen LogP contribution in [0, 0.1) is 0 Å². The molecule has 2 N–H and O–H groups in total. The van der Waals surface area contributed by atoms with Crippen molar-refractivity contribution in [3.05, 3.63) is 29.5 Å². The topological polar surface area (TPSA) is 92.3 Å². The van der Waals surface area contributed by atoms with Crippen LogP contribution in [0.15, 0.2) is 24.3 Å². The van der Waals surface area contributed by atoms with Gasteiger partial charge in [-0.3, -0.25) is 4.79 Å². The highest BCUT2D eigenvalue weighted by Gasteiger charge is 2.31. The summed E-state index contributed by atoms with van der Waals surface area (Å²) in [5.41, 5.74) is 0.720. The zero-order chi connectivity index (χ0) is 22.3. The molecule has 1 aromatic heterocycles. The average molecular weight is 476 g/mol. The summed E-state index contributed by atoms with van der Waals surface area (Å²) in [5, 5.41) is 6.23. The van der Waals surface area contributed by atoms with E-state index < -0.39 is 4.84 Å². The first-order chi connectivity index (χ1) is 14.2. The molecular formula is C19H25Cl3N6O2. The van der Waals surface area contributed by atoms with Crippen LogP contribution in [0.25, 0.3) is 0 Å². The zero-order valence-electron chi connectivity index (χ0n) is 17.2. The minimum absolute atomic E-state index is 0.0672. The minimum atomic E-state index is -1.05. The number of hydrogen-bond donors (Lipinski definition) is 2. The minimum Gasteiger partial charge on any atom is -0.489 e. The van der Waals surface area contributed by atoms with Gasteiger partial charge in [-0.25, -0.2) is 0 Å². The van der Waals surface area contributed by atoms with Crippen molar-refractivity contribution in [2.45, 2.75) is 44.6 Å². The predicted octanol–water partition coefficient (Wildman–Crippen LogP) is 4.38. The van der Waals surface area contributed by atoms with E-state index in [0.29, 0.717) is 24.3 Å². The van der Waals surface area contributed by atoms with Crippen molar-refractivity contribution in [1.29, 1.82) is 0 Å². The van der Waals surface area contributed by atoms with Crippen molar-refractivity contribution in [2.24, 2.45) is 0 Å². The number of nitrogens with zero attached hydrogens (tertiary/aromatic N) is 4. The van der Waals surface area contributed by atoms with Gasteiger partial charge in [-0.05, 0) is 51.4 Å². The molecule has 1 aromatic carbocycles. The fourth-order valence-corrected chi connectivity index (χ4v) is 3.02. The van der Waals surface area contributed by atoms with E-state index in [-0.39, 0.29) is 23.3 Å². The Bertz CT molecular complexity index is 853. The van der Waals surface area contributed by atoms with Crippen LogP contribution in [-0.4, -0.2) is 50.9 Å². The van der Waals surface area contributed by atoms with Crippen molar-refractivity contribution in [3.63, 3.8) is 0 Å². The van der Waals surface area contributed by atoms with Gasteiger partial charge in [0.05, 0.1) is 11.7 Å². The van der Waals surface area contributed by atoms with Crippen molar-refractivity contribution >= 4 is 58.3 Å². The van der Waals surface area contributed by atoms with Gasteiger partial charge in [0.2, 0.25) is 17.2 Å².